The molecule has 2 rings (SSSR count). The number of hydrogen-bond donors (Lipinski definition) is 1. The normalized spacial score (nSPS) is 13.9. The molecule has 0 saturated carbocycles. The number of amides is 1. The Morgan fingerprint density at radius 1 is 1.33 bits per heavy atom. The fourth-order valence-corrected chi connectivity index (χ4v) is 1.48. The van der Waals surface area contributed by atoms with Crippen molar-refractivity contribution in [1.29, 1.82) is 0 Å². The molecule has 0 atom stereocenters. The van der Waals surface area contributed by atoms with Crippen LogP contribution in [0.3, 0.4) is 0 Å². The van der Waals surface area contributed by atoms with Gasteiger partial charge in [-0.2, -0.15) is 0 Å². The fourth-order valence-electron chi connectivity index (χ4n) is 1.48. The minimum Gasteiger partial charge on any atom is -0.494 e. The van der Waals surface area contributed by atoms with Gasteiger partial charge in [-0.15, -0.1) is 0 Å². The van der Waals surface area contributed by atoms with Crippen LogP contribution < -0.4 is 10.1 Å². The van der Waals surface area contributed by atoms with Crippen LogP contribution in [0.2, 0.25) is 0 Å². The summed E-state index contributed by atoms with van der Waals surface area (Å²) >= 11 is 0. The smallest absolute Gasteiger partial charge is 0.294 e. The van der Waals surface area contributed by atoms with E-state index < -0.39 is 0 Å². The summed E-state index contributed by atoms with van der Waals surface area (Å²) < 4.78 is 15.5. The van der Waals surface area contributed by atoms with Crippen LogP contribution in [0.15, 0.2) is 36.3 Å². The van der Waals surface area contributed by atoms with Crippen LogP contribution >= 0.6 is 0 Å². The van der Waals surface area contributed by atoms with Crippen LogP contribution in [-0.2, 0) is 14.3 Å². The van der Waals surface area contributed by atoms with Crippen molar-refractivity contribution in [3.05, 3.63) is 36.3 Å². The number of nitrogens with one attached hydrogen (secondary N) is 1. The Bertz CT molecular complexity index is 439. The molecule has 1 aromatic rings. The molecule has 0 aliphatic carbocycles. The van der Waals surface area contributed by atoms with Gasteiger partial charge in [0.15, 0.2) is 0 Å². The van der Waals surface area contributed by atoms with Crippen LogP contribution in [0.25, 0.3) is 0 Å². The lowest BCUT2D eigenvalue weighted by Gasteiger charge is -2.15. The first kappa shape index (κ1) is 12.3. The lowest BCUT2D eigenvalue weighted by molar-refractivity contribution is -0.117. The zero-order valence-electron chi connectivity index (χ0n) is 10.1. The molecule has 0 fully saturated rings. The number of benzene rings is 1. The van der Waals surface area contributed by atoms with Gasteiger partial charge in [-0.05, 0) is 31.2 Å². The molecule has 1 aromatic carbocycles. The Morgan fingerprint density at radius 3 is 2.72 bits per heavy atom. The highest BCUT2D eigenvalue weighted by molar-refractivity contribution is 6.02. The molecule has 5 heteroatoms. The standard InChI is InChI=1S/C13H15NO4/c1-2-17-11-5-3-10(4-6-11)14-13(15)12-9-16-7-8-18-12/h3-6,9H,2,7-8H2,1H3,(H,14,15). The third-order valence-electron chi connectivity index (χ3n) is 2.30. The Balaban J connectivity index is 1.96. The maximum Gasteiger partial charge on any atom is 0.294 e. The Labute approximate surface area is 105 Å². The third kappa shape index (κ3) is 3.16. The number of carbonyl (C=O) groups is 1. The van der Waals surface area contributed by atoms with E-state index in [2.05, 4.69) is 5.32 Å². The summed E-state index contributed by atoms with van der Waals surface area (Å²) in [6.45, 7) is 3.40. The zero-order valence-corrected chi connectivity index (χ0v) is 10.1. The highest BCUT2D eigenvalue weighted by Gasteiger charge is 2.14. The molecule has 0 saturated heterocycles. The Morgan fingerprint density at radius 2 is 2.11 bits per heavy atom. The lowest BCUT2D eigenvalue weighted by atomic mass is 10.3. The van der Waals surface area contributed by atoms with Crippen molar-refractivity contribution in [3.8, 4) is 5.75 Å². The van der Waals surface area contributed by atoms with Crippen LogP contribution in [0.1, 0.15) is 6.92 Å². The van der Waals surface area contributed by atoms with E-state index in [4.69, 9.17) is 14.2 Å². The molecule has 1 aliphatic rings. The summed E-state index contributed by atoms with van der Waals surface area (Å²) in [5.41, 5.74) is 0.679. The summed E-state index contributed by atoms with van der Waals surface area (Å²) in [6.07, 6.45) is 1.33. The molecule has 96 valence electrons. The van der Waals surface area contributed by atoms with Crippen LogP contribution in [0.4, 0.5) is 5.69 Å². The van der Waals surface area contributed by atoms with Gasteiger partial charge in [-0.25, -0.2) is 0 Å². The molecular weight excluding hydrogens is 234 g/mol. The van der Waals surface area contributed by atoms with Gasteiger partial charge < -0.3 is 19.5 Å². The van der Waals surface area contributed by atoms with E-state index in [-0.39, 0.29) is 11.7 Å². The number of rotatable bonds is 4. The lowest BCUT2D eigenvalue weighted by Crippen LogP contribution is -2.21. The van der Waals surface area contributed by atoms with Gasteiger partial charge >= 0.3 is 0 Å². The molecule has 0 unspecified atom stereocenters. The summed E-state index contributed by atoms with van der Waals surface area (Å²) in [5, 5.41) is 2.71. The Hall–Kier alpha value is -2.17. The minimum atomic E-state index is -0.321. The number of hydrogen-bond acceptors (Lipinski definition) is 4. The van der Waals surface area contributed by atoms with Gasteiger partial charge in [0.2, 0.25) is 5.76 Å². The molecule has 1 amide bonds. The molecule has 0 bridgehead atoms. The molecule has 0 aromatic heterocycles. The summed E-state index contributed by atoms with van der Waals surface area (Å²) in [5.74, 6) is 0.640. The van der Waals surface area contributed by atoms with Crippen molar-refractivity contribution >= 4 is 11.6 Å². The van der Waals surface area contributed by atoms with E-state index >= 15 is 0 Å². The number of carbonyl (C=O) groups excluding carboxylic acids is 1. The molecular formula is C13H15NO4. The zero-order chi connectivity index (χ0) is 12.8. The molecule has 1 heterocycles. The molecule has 1 aliphatic heterocycles. The Kier molecular flexibility index (Phi) is 4.06. The monoisotopic (exact) mass is 249 g/mol. The average Bonchev–Trinajstić information content (AvgIpc) is 2.42. The van der Waals surface area contributed by atoms with Gasteiger partial charge in [0.05, 0.1) is 6.61 Å². The summed E-state index contributed by atoms with van der Waals surface area (Å²) in [7, 11) is 0. The van der Waals surface area contributed by atoms with Crippen LogP contribution in [0, 0.1) is 0 Å². The summed E-state index contributed by atoms with van der Waals surface area (Å²) in [4.78, 5) is 11.8. The molecule has 18 heavy (non-hydrogen) atoms. The second-order valence-corrected chi connectivity index (χ2v) is 3.61. The van der Waals surface area contributed by atoms with Gasteiger partial charge in [-0.3, -0.25) is 4.79 Å². The van der Waals surface area contributed by atoms with E-state index in [9.17, 15) is 4.79 Å². The molecule has 0 radical (unpaired) electrons. The van der Waals surface area contributed by atoms with Crippen molar-refractivity contribution in [1.82, 2.24) is 0 Å². The number of ether oxygens (including phenoxy) is 3. The molecule has 0 spiro atoms. The maximum atomic E-state index is 11.8. The predicted molar refractivity (Wildman–Crippen MR) is 66.2 cm³/mol. The first-order chi connectivity index (χ1) is 8.79. The van der Waals surface area contributed by atoms with Crippen LogP contribution in [-0.4, -0.2) is 25.7 Å². The van der Waals surface area contributed by atoms with Gasteiger partial charge in [0.1, 0.15) is 25.2 Å². The van der Waals surface area contributed by atoms with E-state index in [1.54, 1.807) is 24.3 Å². The van der Waals surface area contributed by atoms with Crippen molar-refractivity contribution in [2.45, 2.75) is 6.92 Å². The quantitative estimate of drug-likeness (QED) is 0.885. The third-order valence-corrected chi connectivity index (χ3v) is 2.30. The second kappa shape index (κ2) is 5.95. The summed E-state index contributed by atoms with van der Waals surface area (Å²) in [6, 6.07) is 7.14. The van der Waals surface area contributed by atoms with Crippen molar-refractivity contribution in [3.63, 3.8) is 0 Å². The van der Waals surface area contributed by atoms with Crippen molar-refractivity contribution in [2.24, 2.45) is 0 Å². The minimum absolute atomic E-state index is 0.190. The van der Waals surface area contributed by atoms with Gasteiger partial charge in [0.25, 0.3) is 5.91 Å². The van der Waals surface area contributed by atoms with E-state index in [0.29, 0.717) is 25.5 Å². The highest BCUT2D eigenvalue weighted by Crippen LogP contribution is 2.16. The predicted octanol–water partition coefficient (Wildman–Crippen LogP) is 1.91. The van der Waals surface area contributed by atoms with E-state index in [1.807, 2.05) is 6.92 Å². The number of anilines is 1. The topological polar surface area (TPSA) is 56.8 Å². The molecule has 1 N–H and O–H groups in total. The second-order valence-electron chi connectivity index (χ2n) is 3.61. The van der Waals surface area contributed by atoms with Crippen LogP contribution in [0.5, 0.6) is 5.75 Å². The van der Waals surface area contributed by atoms with Gasteiger partial charge in [0, 0.05) is 5.69 Å². The van der Waals surface area contributed by atoms with Gasteiger partial charge in [-0.1, -0.05) is 0 Å². The van der Waals surface area contributed by atoms with E-state index in [0.717, 1.165) is 5.75 Å². The van der Waals surface area contributed by atoms with Crippen molar-refractivity contribution < 1.29 is 19.0 Å². The van der Waals surface area contributed by atoms with Crippen molar-refractivity contribution in [2.75, 3.05) is 25.1 Å². The fraction of sp³-hybridized carbons (Fsp3) is 0.308. The average molecular weight is 249 g/mol. The van der Waals surface area contributed by atoms with E-state index in [1.165, 1.54) is 6.26 Å². The molecule has 5 nitrogen and oxygen atoms in total. The first-order valence-electron chi connectivity index (χ1n) is 5.78. The maximum absolute atomic E-state index is 11.8. The highest BCUT2D eigenvalue weighted by atomic mass is 16.6. The first-order valence-corrected chi connectivity index (χ1v) is 5.78. The largest absolute Gasteiger partial charge is 0.494 e. The SMILES string of the molecule is CCOc1ccc(NC(=O)C2=COCCO2)cc1.